The van der Waals surface area contributed by atoms with Gasteiger partial charge in [-0.05, 0) is 30.9 Å². The number of piperidine rings is 1. The van der Waals surface area contributed by atoms with Crippen LogP contribution in [0.15, 0.2) is 18.2 Å². The summed E-state index contributed by atoms with van der Waals surface area (Å²) in [6, 6.07) is 1.97. The molecule has 1 aromatic carbocycles. The van der Waals surface area contributed by atoms with Gasteiger partial charge in [-0.2, -0.15) is 30.6 Å². The van der Waals surface area contributed by atoms with Crippen LogP contribution in [0.5, 0.6) is 0 Å². The zero-order valence-electron chi connectivity index (χ0n) is 14.0. The summed E-state index contributed by atoms with van der Waals surface area (Å²) in [5, 5.41) is 13.6. The molecule has 1 fully saturated rings. The average Bonchev–Trinajstić information content (AvgIpc) is 2.58. The Hall–Kier alpha value is -2.09. The fourth-order valence-electron chi connectivity index (χ4n) is 2.76. The highest BCUT2D eigenvalue weighted by atomic mass is 32.2. The smallest absolute Gasteiger partial charge is 0.379 e. The molecule has 1 aromatic rings. The molecule has 0 unspecified atom stereocenters. The number of alkyl halides is 6. The SMILES string of the molecule is O=[N+]([O-])c1cc(C(F)(F)F)ccc1NCC1CCN(S(=O)(=O)C(F)(F)F)CC1. The molecule has 1 heterocycles. The van der Waals surface area contributed by atoms with Crippen molar-refractivity contribution in [3.05, 3.63) is 33.9 Å². The summed E-state index contributed by atoms with van der Waals surface area (Å²) in [4.78, 5) is 10.0. The van der Waals surface area contributed by atoms with Gasteiger partial charge >= 0.3 is 21.7 Å². The van der Waals surface area contributed by atoms with Crippen molar-refractivity contribution in [2.24, 2.45) is 5.92 Å². The molecule has 0 bridgehead atoms. The van der Waals surface area contributed by atoms with Gasteiger partial charge in [0.2, 0.25) is 0 Å². The normalized spacial score (nSPS) is 17.5. The van der Waals surface area contributed by atoms with Crippen LogP contribution in [-0.4, -0.2) is 42.8 Å². The van der Waals surface area contributed by atoms with Gasteiger partial charge in [0.15, 0.2) is 0 Å². The van der Waals surface area contributed by atoms with Crippen LogP contribution >= 0.6 is 0 Å². The maximum Gasteiger partial charge on any atom is 0.511 e. The molecule has 0 aromatic heterocycles. The lowest BCUT2D eigenvalue weighted by Gasteiger charge is -2.31. The Balaban J connectivity index is 2.02. The number of halogens is 6. The molecule has 2 rings (SSSR count). The molecule has 0 radical (unpaired) electrons. The van der Waals surface area contributed by atoms with Gasteiger partial charge in [0.05, 0.1) is 10.5 Å². The van der Waals surface area contributed by atoms with Crippen LogP contribution in [0.3, 0.4) is 0 Å². The van der Waals surface area contributed by atoms with Gasteiger partial charge in [-0.1, -0.05) is 0 Å². The lowest BCUT2D eigenvalue weighted by molar-refractivity contribution is -0.384. The number of anilines is 1. The third-order valence-corrected chi connectivity index (χ3v) is 5.94. The zero-order valence-corrected chi connectivity index (χ0v) is 14.9. The van der Waals surface area contributed by atoms with Crippen LogP contribution < -0.4 is 5.32 Å². The fraction of sp³-hybridized carbons (Fsp3) is 0.571. The second-order valence-electron chi connectivity index (χ2n) is 6.16. The molecular weight excluding hydrogens is 420 g/mol. The molecule has 0 aliphatic carbocycles. The molecule has 1 N–H and O–H groups in total. The summed E-state index contributed by atoms with van der Waals surface area (Å²) in [5.41, 5.74) is -7.52. The van der Waals surface area contributed by atoms with Gasteiger partial charge in [0.1, 0.15) is 5.69 Å². The topological polar surface area (TPSA) is 92.6 Å². The number of rotatable bonds is 5. The number of nitrogens with one attached hydrogen (secondary N) is 1. The van der Waals surface area contributed by atoms with Gasteiger partial charge in [-0.25, -0.2) is 8.42 Å². The van der Waals surface area contributed by atoms with Crippen molar-refractivity contribution in [1.82, 2.24) is 4.31 Å². The van der Waals surface area contributed by atoms with Crippen LogP contribution in [0, 0.1) is 16.0 Å². The minimum absolute atomic E-state index is 0.0338. The number of nitro benzene ring substituents is 1. The third kappa shape index (κ3) is 4.84. The summed E-state index contributed by atoms with van der Waals surface area (Å²) < 4.78 is 98.7. The molecule has 0 amide bonds. The van der Waals surface area contributed by atoms with Crippen LogP contribution in [0.1, 0.15) is 18.4 Å². The molecule has 28 heavy (non-hydrogen) atoms. The predicted octanol–water partition coefficient (Wildman–Crippen LogP) is 3.59. The predicted molar refractivity (Wildman–Crippen MR) is 85.9 cm³/mol. The minimum atomic E-state index is -5.41. The molecule has 0 saturated carbocycles. The minimum Gasteiger partial charge on any atom is -0.379 e. The Morgan fingerprint density at radius 1 is 1.14 bits per heavy atom. The largest absolute Gasteiger partial charge is 0.511 e. The number of hydrogen-bond acceptors (Lipinski definition) is 5. The van der Waals surface area contributed by atoms with E-state index in [0.717, 1.165) is 6.07 Å². The molecule has 1 aliphatic rings. The summed E-state index contributed by atoms with van der Waals surface area (Å²) in [7, 11) is -5.41. The summed E-state index contributed by atoms with van der Waals surface area (Å²) >= 11 is 0. The number of nitro groups is 1. The number of nitrogens with zero attached hydrogens (tertiary/aromatic N) is 2. The monoisotopic (exact) mass is 435 g/mol. The quantitative estimate of drug-likeness (QED) is 0.434. The van der Waals surface area contributed by atoms with Gasteiger partial charge in [0.25, 0.3) is 5.69 Å². The highest BCUT2D eigenvalue weighted by Gasteiger charge is 2.50. The molecule has 1 aliphatic heterocycles. The zero-order chi connectivity index (χ0) is 21.3. The van der Waals surface area contributed by atoms with Crippen molar-refractivity contribution in [3.8, 4) is 0 Å². The number of benzene rings is 1. The Kier molecular flexibility index (Phi) is 6.13. The van der Waals surface area contributed by atoms with E-state index >= 15 is 0 Å². The number of hydrogen-bond donors (Lipinski definition) is 1. The molecule has 1 saturated heterocycles. The fourth-order valence-corrected chi connectivity index (χ4v) is 3.75. The van der Waals surface area contributed by atoms with Crippen molar-refractivity contribution in [2.45, 2.75) is 24.5 Å². The van der Waals surface area contributed by atoms with E-state index in [0.29, 0.717) is 16.4 Å². The molecule has 7 nitrogen and oxygen atoms in total. The third-order valence-electron chi connectivity index (χ3n) is 4.31. The van der Waals surface area contributed by atoms with Crippen molar-refractivity contribution in [1.29, 1.82) is 0 Å². The van der Waals surface area contributed by atoms with Crippen LogP contribution in [0.4, 0.5) is 37.7 Å². The first-order chi connectivity index (χ1) is 12.7. The molecule has 158 valence electrons. The molecule has 14 heteroatoms. The first-order valence-corrected chi connectivity index (χ1v) is 9.33. The average molecular weight is 435 g/mol. The summed E-state index contributed by atoms with van der Waals surface area (Å²) in [6.45, 7) is -0.710. The van der Waals surface area contributed by atoms with Crippen LogP contribution in [-0.2, 0) is 16.2 Å². The van der Waals surface area contributed by atoms with Crippen molar-refractivity contribution in [3.63, 3.8) is 0 Å². The van der Waals surface area contributed by atoms with E-state index in [1.165, 1.54) is 0 Å². The molecule has 0 spiro atoms. The van der Waals surface area contributed by atoms with Gasteiger partial charge in [-0.3, -0.25) is 10.1 Å². The van der Waals surface area contributed by atoms with E-state index in [-0.39, 0.29) is 44.1 Å². The molecule has 0 atom stereocenters. The Bertz CT molecular complexity index is 832. The second-order valence-corrected chi connectivity index (χ2v) is 8.09. The van der Waals surface area contributed by atoms with Crippen molar-refractivity contribution >= 4 is 21.4 Å². The maximum absolute atomic E-state index is 12.7. The van der Waals surface area contributed by atoms with E-state index in [2.05, 4.69) is 5.32 Å². The summed E-state index contributed by atoms with van der Waals surface area (Å²) in [5.74, 6) is -0.304. The molecular formula is C14H15F6N3O4S. The van der Waals surface area contributed by atoms with Gasteiger partial charge < -0.3 is 5.32 Å². The summed E-state index contributed by atoms with van der Waals surface area (Å²) in [6.07, 6.45) is -4.62. The van der Waals surface area contributed by atoms with E-state index in [9.17, 15) is 44.9 Å². The maximum atomic E-state index is 12.7. The first-order valence-electron chi connectivity index (χ1n) is 7.89. The lowest BCUT2D eigenvalue weighted by atomic mass is 9.98. The van der Waals surface area contributed by atoms with Crippen LogP contribution in [0.2, 0.25) is 0 Å². The van der Waals surface area contributed by atoms with Crippen molar-refractivity contribution < 1.29 is 39.7 Å². The lowest BCUT2D eigenvalue weighted by Crippen LogP contribution is -2.45. The Morgan fingerprint density at radius 2 is 1.71 bits per heavy atom. The van der Waals surface area contributed by atoms with E-state index in [1.54, 1.807) is 0 Å². The van der Waals surface area contributed by atoms with Crippen molar-refractivity contribution in [2.75, 3.05) is 25.0 Å². The van der Waals surface area contributed by atoms with Gasteiger partial charge in [0, 0.05) is 25.7 Å². The van der Waals surface area contributed by atoms with E-state index in [1.807, 2.05) is 0 Å². The Morgan fingerprint density at radius 3 is 2.18 bits per heavy atom. The highest BCUT2D eigenvalue weighted by Crippen LogP contribution is 2.35. The van der Waals surface area contributed by atoms with Crippen LogP contribution in [0.25, 0.3) is 0 Å². The number of sulfonamides is 1. The Labute approximate surface area is 155 Å². The highest BCUT2D eigenvalue weighted by molar-refractivity contribution is 7.90. The standard InChI is InChI=1S/C14H15F6N3O4S/c15-13(16,17)10-1-2-11(12(7-10)23(24)25)21-8-9-3-5-22(6-4-9)28(26,27)14(18,19)20/h1-2,7,9,21H,3-6,8H2. The van der Waals surface area contributed by atoms with Gasteiger partial charge in [-0.15, -0.1) is 0 Å². The first kappa shape index (κ1) is 22.2. The van der Waals surface area contributed by atoms with E-state index < -0.39 is 37.9 Å². The van der Waals surface area contributed by atoms with E-state index in [4.69, 9.17) is 0 Å². The second kappa shape index (κ2) is 7.73.